The van der Waals surface area contributed by atoms with Crippen molar-refractivity contribution in [2.45, 2.75) is 39.2 Å². The van der Waals surface area contributed by atoms with Crippen molar-refractivity contribution >= 4 is 21.6 Å². The molecule has 100 valence electrons. The van der Waals surface area contributed by atoms with Crippen molar-refractivity contribution in [1.29, 1.82) is 0 Å². The fourth-order valence-electron chi connectivity index (χ4n) is 2.92. The SMILES string of the molecule is COc1cc(Br)cc(NC2C(C)CCCC2C)c1. The van der Waals surface area contributed by atoms with Crippen molar-refractivity contribution in [3.05, 3.63) is 22.7 Å². The van der Waals surface area contributed by atoms with Gasteiger partial charge in [0.25, 0.3) is 0 Å². The summed E-state index contributed by atoms with van der Waals surface area (Å²) in [5.74, 6) is 2.36. The van der Waals surface area contributed by atoms with Crippen molar-refractivity contribution in [2.24, 2.45) is 11.8 Å². The average molecular weight is 312 g/mol. The van der Waals surface area contributed by atoms with E-state index >= 15 is 0 Å². The molecule has 1 N–H and O–H groups in total. The summed E-state index contributed by atoms with van der Waals surface area (Å²) in [4.78, 5) is 0. The van der Waals surface area contributed by atoms with E-state index in [2.05, 4.69) is 47.2 Å². The Morgan fingerprint density at radius 2 is 1.83 bits per heavy atom. The number of benzene rings is 1. The van der Waals surface area contributed by atoms with Crippen LogP contribution >= 0.6 is 15.9 Å². The van der Waals surface area contributed by atoms with Crippen LogP contribution in [-0.2, 0) is 0 Å². The number of ether oxygens (including phenoxy) is 1. The molecule has 0 amide bonds. The zero-order chi connectivity index (χ0) is 13.1. The highest BCUT2D eigenvalue weighted by molar-refractivity contribution is 9.10. The van der Waals surface area contributed by atoms with E-state index in [0.717, 1.165) is 27.7 Å². The fraction of sp³-hybridized carbons (Fsp3) is 0.600. The van der Waals surface area contributed by atoms with Gasteiger partial charge in [-0.1, -0.05) is 36.2 Å². The summed E-state index contributed by atoms with van der Waals surface area (Å²) < 4.78 is 6.36. The van der Waals surface area contributed by atoms with Crippen molar-refractivity contribution in [3.8, 4) is 5.75 Å². The van der Waals surface area contributed by atoms with Crippen LogP contribution in [0.1, 0.15) is 33.1 Å². The highest BCUT2D eigenvalue weighted by Crippen LogP contribution is 2.33. The molecule has 1 aliphatic rings. The number of hydrogen-bond acceptors (Lipinski definition) is 2. The third kappa shape index (κ3) is 3.19. The number of methoxy groups -OCH3 is 1. The zero-order valence-corrected chi connectivity index (χ0v) is 13.0. The maximum atomic E-state index is 5.31. The molecule has 0 saturated heterocycles. The first-order chi connectivity index (χ1) is 8.60. The highest BCUT2D eigenvalue weighted by Gasteiger charge is 2.27. The Balaban J connectivity index is 2.14. The van der Waals surface area contributed by atoms with Crippen LogP contribution in [0.3, 0.4) is 0 Å². The van der Waals surface area contributed by atoms with Gasteiger partial charge in [0.1, 0.15) is 5.75 Å². The molecule has 0 bridgehead atoms. The number of halogens is 1. The number of rotatable bonds is 3. The van der Waals surface area contributed by atoms with Gasteiger partial charge in [-0.15, -0.1) is 0 Å². The predicted octanol–water partition coefficient (Wildman–Crippen LogP) is 4.69. The molecule has 2 unspecified atom stereocenters. The molecule has 1 aliphatic carbocycles. The molecule has 2 rings (SSSR count). The van der Waals surface area contributed by atoms with Crippen LogP contribution in [0, 0.1) is 11.8 Å². The van der Waals surface area contributed by atoms with E-state index in [-0.39, 0.29) is 0 Å². The largest absolute Gasteiger partial charge is 0.497 e. The third-order valence-electron chi connectivity index (χ3n) is 3.99. The van der Waals surface area contributed by atoms with Gasteiger partial charge in [-0.2, -0.15) is 0 Å². The van der Waals surface area contributed by atoms with Crippen LogP contribution in [0.15, 0.2) is 22.7 Å². The first kappa shape index (κ1) is 13.7. The molecule has 2 atom stereocenters. The molecule has 3 heteroatoms. The maximum absolute atomic E-state index is 5.31. The molecule has 2 nitrogen and oxygen atoms in total. The summed E-state index contributed by atoms with van der Waals surface area (Å²) in [7, 11) is 1.71. The van der Waals surface area contributed by atoms with Crippen LogP contribution in [0.25, 0.3) is 0 Å². The van der Waals surface area contributed by atoms with Gasteiger partial charge < -0.3 is 10.1 Å². The molecule has 0 aromatic heterocycles. The predicted molar refractivity (Wildman–Crippen MR) is 80.3 cm³/mol. The van der Waals surface area contributed by atoms with E-state index in [9.17, 15) is 0 Å². The molecule has 18 heavy (non-hydrogen) atoms. The summed E-state index contributed by atoms with van der Waals surface area (Å²) in [6.45, 7) is 4.70. The molecule has 0 aliphatic heterocycles. The lowest BCUT2D eigenvalue weighted by atomic mass is 9.78. The molecule has 1 aromatic rings. The lowest BCUT2D eigenvalue weighted by Gasteiger charge is -2.36. The second-order valence-corrected chi connectivity index (χ2v) is 6.35. The van der Waals surface area contributed by atoms with Gasteiger partial charge in [0.2, 0.25) is 0 Å². The van der Waals surface area contributed by atoms with E-state index in [1.807, 2.05) is 6.07 Å². The quantitative estimate of drug-likeness (QED) is 0.874. The minimum atomic E-state index is 0.567. The van der Waals surface area contributed by atoms with Crippen LogP contribution in [-0.4, -0.2) is 13.2 Å². The zero-order valence-electron chi connectivity index (χ0n) is 11.4. The van der Waals surface area contributed by atoms with Gasteiger partial charge in [-0.3, -0.25) is 0 Å². The van der Waals surface area contributed by atoms with E-state index in [1.165, 1.54) is 19.3 Å². The number of anilines is 1. The summed E-state index contributed by atoms with van der Waals surface area (Å²) in [5.41, 5.74) is 1.15. The first-order valence-corrected chi connectivity index (χ1v) is 7.50. The second-order valence-electron chi connectivity index (χ2n) is 5.44. The molecule has 0 spiro atoms. The molecule has 1 aromatic carbocycles. The average Bonchev–Trinajstić information content (AvgIpc) is 2.33. The normalized spacial score (nSPS) is 27.9. The summed E-state index contributed by atoms with van der Waals surface area (Å²) in [6, 6.07) is 6.74. The molecule has 1 fully saturated rings. The van der Waals surface area contributed by atoms with Crippen molar-refractivity contribution in [1.82, 2.24) is 0 Å². The molecule has 0 heterocycles. The molecule has 0 radical (unpaired) electrons. The summed E-state index contributed by atoms with van der Waals surface area (Å²) in [5, 5.41) is 3.69. The minimum absolute atomic E-state index is 0.567. The Morgan fingerprint density at radius 1 is 1.17 bits per heavy atom. The Bertz CT molecular complexity index is 397. The Morgan fingerprint density at radius 3 is 2.44 bits per heavy atom. The number of hydrogen-bond donors (Lipinski definition) is 1. The Kier molecular flexibility index (Phi) is 4.55. The van der Waals surface area contributed by atoms with Crippen molar-refractivity contribution in [2.75, 3.05) is 12.4 Å². The van der Waals surface area contributed by atoms with E-state index in [1.54, 1.807) is 7.11 Å². The maximum Gasteiger partial charge on any atom is 0.122 e. The van der Waals surface area contributed by atoms with Crippen LogP contribution in [0.5, 0.6) is 5.75 Å². The fourth-order valence-corrected chi connectivity index (χ4v) is 3.39. The van der Waals surface area contributed by atoms with Gasteiger partial charge in [-0.05, 0) is 36.8 Å². The second kappa shape index (κ2) is 5.96. The van der Waals surface area contributed by atoms with Gasteiger partial charge >= 0.3 is 0 Å². The standard InChI is InChI=1S/C15H22BrNO/c1-10-5-4-6-11(2)15(10)17-13-7-12(16)8-14(9-13)18-3/h7-11,15,17H,4-6H2,1-3H3. The summed E-state index contributed by atoms with van der Waals surface area (Å²) in [6.07, 6.45) is 4.02. The monoisotopic (exact) mass is 311 g/mol. The van der Waals surface area contributed by atoms with Gasteiger partial charge in [0.05, 0.1) is 7.11 Å². The van der Waals surface area contributed by atoms with Crippen LogP contribution in [0.2, 0.25) is 0 Å². The van der Waals surface area contributed by atoms with E-state index in [0.29, 0.717) is 6.04 Å². The lowest BCUT2D eigenvalue weighted by Crippen LogP contribution is -2.37. The third-order valence-corrected chi connectivity index (χ3v) is 4.44. The van der Waals surface area contributed by atoms with Crippen LogP contribution in [0.4, 0.5) is 5.69 Å². The van der Waals surface area contributed by atoms with Gasteiger partial charge in [0, 0.05) is 22.3 Å². The Labute approximate surface area is 118 Å². The Hall–Kier alpha value is -0.700. The number of nitrogens with one attached hydrogen (secondary N) is 1. The van der Waals surface area contributed by atoms with Gasteiger partial charge in [-0.25, -0.2) is 0 Å². The smallest absolute Gasteiger partial charge is 0.122 e. The van der Waals surface area contributed by atoms with E-state index < -0.39 is 0 Å². The van der Waals surface area contributed by atoms with Gasteiger partial charge in [0.15, 0.2) is 0 Å². The summed E-state index contributed by atoms with van der Waals surface area (Å²) >= 11 is 3.53. The minimum Gasteiger partial charge on any atom is -0.497 e. The van der Waals surface area contributed by atoms with Crippen LogP contribution < -0.4 is 10.1 Å². The lowest BCUT2D eigenvalue weighted by molar-refractivity contribution is 0.268. The van der Waals surface area contributed by atoms with Crippen molar-refractivity contribution < 1.29 is 4.74 Å². The van der Waals surface area contributed by atoms with Crippen molar-refractivity contribution in [3.63, 3.8) is 0 Å². The molecule has 1 saturated carbocycles. The highest BCUT2D eigenvalue weighted by atomic mass is 79.9. The molecular formula is C15H22BrNO. The topological polar surface area (TPSA) is 21.3 Å². The first-order valence-electron chi connectivity index (χ1n) is 6.71. The van der Waals surface area contributed by atoms with E-state index in [4.69, 9.17) is 4.74 Å². The molecular weight excluding hydrogens is 290 g/mol.